The Morgan fingerprint density at radius 2 is 1.90 bits per heavy atom. The van der Waals surface area contributed by atoms with Gasteiger partial charge >= 0.3 is 0 Å². The summed E-state index contributed by atoms with van der Waals surface area (Å²) in [7, 11) is 0. The minimum atomic E-state index is -0.803. The lowest BCUT2D eigenvalue weighted by Gasteiger charge is -2.14. The van der Waals surface area contributed by atoms with Crippen LogP contribution in [0.15, 0.2) is 12.1 Å². The standard InChI is InChI=1S/C14H15ClF2N4/c1-6(2)13-20-12(18)7(3)14(21-13)19-11-9(15)4-8(16)5-10(11)17/h4-6H,1-3H3,(H3,18,19,20,21). The Labute approximate surface area is 126 Å². The van der Waals surface area contributed by atoms with E-state index in [2.05, 4.69) is 15.3 Å². The van der Waals surface area contributed by atoms with E-state index in [4.69, 9.17) is 17.3 Å². The number of nitrogens with two attached hydrogens (primary N) is 1. The van der Waals surface area contributed by atoms with Gasteiger partial charge in [0.1, 0.15) is 23.3 Å². The molecule has 2 rings (SSSR count). The largest absolute Gasteiger partial charge is 0.383 e. The van der Waals surface area contributed by atoms with Crippen LogP contribution in [0, 0.1) is 18.6 Å². The zero-order valence-corrected chi connectivity index (χ0v) is 12.6. The summed E-state index contributed by atoms with van der Waals surface area (Å²) in [5.41, 5.74) is 6.36. The minimum Gasteiger partial charge on any atom is -0.383 e. The van der Waals surface area contributed by atoms with Crippen molar-refractivity contribution in [1.82, 2.24) is 9.97 Å². The Bertz CT molecular complexity index is 666. The van der Waals surface area contributed by atoms with E-state index in [0.717, 1.165) is 12.1 Å². The highest BCUT2D eigenvalue weighted by Gasteiger charge is 2.15. The highest BCUT2D eigenvalue weighted by molar-refractivity contribution is 6.33. The molecule has 0 aliphatic heterocycles. The predicted octanol–water partition coefficient (Wildman–Crippen LogP) is 4.17. The molecule has 3 N–H and O–H groups in total. The fraction of sp³-hybridized carbons (Fsp3) is 0.286. The lowest BCUT2D eigenvalue weighted by molar-refractivity contribution is 0.586. The third-order valence-corrected chi connectivity index (χ3v) is 3.27. The average molecular weight is 313 g/mol. The van der Waals surface area contributed by atoms with Crippen molar-refractivity contribution in [3.05, 3.63) is 40.2 Å². The summed E-state index contributed by atoms with van der Waals surface area (Å²) in [4.78, 5) is 8.48. The first kappa shape index (κ1) is 15.4. The van der Waals surface area contributed by atoms with E-state index in [1.54, 1.807) is 6.92 Å². The van der Waals surface area contributed by atoms with Crippen molar-refractivity contribution >= 4 is 28.9 Å². The highest BCUT2D eigenvalue weighted by Crippen LogP contribution is 2.31. The second-order valence-corrected chi connectivity index (χ2v) is 5.37. The van der Waals surface area contributed by atoms with Crippen LogP contribution in [-0.4, -0.2) is 9.97 Å². The molecular weight excluding hydrogens is 298 g/mol. The average Bonchev–Trinajstić information content (AvgIpc) is 2.37. The molecule has 1 aromatic heterocycles. The first-order chi connectivity index (χ1) is 9.79. The molecule has 0 fully saturated rings. The molecule has 4 nitrogen and oxygen atoms in total. The smallest absolute Gasteiger partial charge is 0.151 e. The van der Waals surface area contributed by atoms with Gasteiger partial charge in [-0.1, -0.05) is 25.4 Å². The van der Waals surface area contributed by atoms with E-state index in [1.165, 1.54) is 0 Å². The minimum absolute atomic E-state index is 0.0472. The lowest BCUT2D eigenvalue weighted by Crippen LogP contribution is -2.09. The maximum Gasteiger partial charge on any atom is 0.151 e. The van der Waals surface area contributed by atoms with Gasteiger partial charge < -0.3 is 11.1 Å². The SMILES string of the molecule is Cc1c(N)nc(C(C)C)nc1Nc1c(F)cc(F)cc1Cl. The molecule has 21 heavy (non-hydrogen) atoms. The van der Waals surface area contributed by atoms with Crippen LogP contribution in [0.3, 0.4) is 0 Å². The van der Waals surface area contributed by atoms with Crippen molar-refractivity contribution in [2.24, 2.45) is 0 Å². The summed E-state index contributed by atoms with van der Waals surface area (Å²) in [5.74, 6) is -0.317. The number of hydrogen-bond acceptors (Lipinski definition) is 4. The molecule has 0 atom stereocenters. The zero-order valence-electron chi connectivity index (χ0n) is 11.8. The van der Waals surface area contributed by atoms with Crippen LogP contribution in [0.2, 0.25) is 5.02 Å². The molecule has 0 saturated carbocycles. The van der Waals surface area contributed by atoms with Gasteiger partial charge in [-0.25, -0.2) is 18.7 Å². The molecule has 1 aromatic carbocycles. The Morgan fingerprint density at radius 1 is 1.24 bits per heavy atom. The van der Waals surface area contributed by atoms with E-state index in [1.807, 2.05) is 13.8 Å². The topological polar surface area (TPSA) is 63.8 Å². The normalized spacial score (nSPS) is 11.0. The quantitative estimate of drug-likeness (QED) is 0.893. The van der Waals surface area contributed by atoms with Gasteiger partial charge in [-0.3, -0.25) is 0 Å². The van der Waals surface area contributed by atoms with Crippen LogP contribution in [0.4, 0.5) is 26.1 Å². The number of hydrogen-bond donors (Lipinski definition) is 2. The number of halogens is 3. The molecule has 2 aromatic rings. The molecule has 0 aliphatic carbocycles. The molecule has 0 unspecified atom stereocenters. The van der Waals surface area contributed by atoms with Gasteiger partial charge in [0, 0.05) is 17.5 Å². The van der Waals surface area contributed by atoms with Gasteiger partial charge in [0.15, 0.2) is 5.82 Å². The Morgan fingerprint density at radius 3 is 2.48 bits per heavy atom. The maximum atomic E-state index is 13.8. The van der Waals surface area contributed by atoms with Crippen molar-refractivity contribution in [1.29, 1.82) is 0 Å². The summed E-state index contributed by atoms with van der Waals surface area (Å²) >= 11 is 5.86. The molecule has 0 radical (unpaired) electrons. The molecule has 0 spiro atoms. The van der Waals surface area contributed by atoms with Crippen molar-refractivity contribution < 1.29 is 8.78 Å². The third kappa shape index (κ3) is 3.21. The summed E-state index contributed by atoms with van der Waals surface area (Å²) < 4.78 is 26.9. The lowest BCUT2D eigenvalue weighted by atomic mass is 10.2. The van der Waals surface area contributed by atoms with Gasteiger partial charge in [-0.15, -0.1) is 0 Å². The predicted molar refractivity (Wildman–Crippen MR) is 79.9 cm³/mol. The number of nitrogens with zero attached hydrogens (tertiary/aromatic N) is 2. The Balaban J connectivity index is 2.49. The van der Waals surface area contributed by atoms with Crippen LogP contribution in [-0.2, 0) is 0 Å². The van der Waals surface area contributed by atoms with E-state index in [9.17, 15) is 8.78 Å². The fourth-order valence-corrected chi connectivity index (χ4v) is 1.95. The molecule has 1 heterocycles. The Hall–Kier alpha value is -1.95. The number of nitrogen functional groups attached to an aromatic ring is 1. The van der Waals surface area contributed by atoms with Crippen molar-refractivity contribution in [3.8, 4) is 0 Å². The maximum absolute atomic E-state index is 13.8. The van der Waals surface area contributed by atoms with Gasteiger partial charge in [-0.05, 0) is 13.0 Å². The van der Waals surface area contributed by atoms with Gasteiger partial charge in [-0.2, -0.15) is 0 Å². The molecule has 0 aliphatic rings. The van der Waals surface area contributed by atoms with Crippen molar-refractivity contribution in [3.63, 3.8) is 0 Å². The fourth-order valence-electron chi connectivity index (χ4n) is 1.71. The number of aromatic nitrogens is 2. The van der Waals surface area contributed by atoms with Crippen molar-refractivity contribution in [2.45, 2.75) is 26.7 Å². The van der Waals surface area contributed by atoms with Crippen LogP contribution in [0.1, 0.15) is 31.2 Å². The summed E-state index contributed by atoms with van der Waals surface area (Å²) in [6.07, 6.45) is 0. The number of anilines is 3. The van der Waals surface area contributed by atoms with E-state index < -0.39 is 11.6 Å². The zero-order chi connectivity index (χ0) is 15.7. The van der Waals surface area contributed by atoms with Crippen LogP contribution >= 0.6 is 11.6 Å². The highest BCUT2D eigenvalue weighted by atomic mass is 35.5. The van der Waals surface area contributed by atoms with Crippen LogP contribution in [0.5, 0.6) is 0 Å². The van der Waals surface area contributed by atoms with Crippen LogP contribution < -0.4 is 11.1 Å². The van der Waals surface area contributed by atoms with E-state index in [0.29, 0.717) is 23.0 Å². The number of nitrogens with one attached hydrogen (secondary N) is 1. The monoisotopic (exact) mass is 312 g/mol. The second kappa shape index (κ2) is 5.81. The second-order valence-electron chi connectivity index (χ2n) is 4.96. The first-order valence-electron chi connectivity index (χ1n) is 6.35. The van der Waals surface area contributed by atoms with E-state index in [-0.39, 0.29) is 16.6 Å². The summed E-state index contributed by atoms with van der Waals surface area (Å²) in [6.45, 7) is 5.54. The van der Waals surface area contributed by atoms with Gasteiger partial charge in [0.2, 0.25) is 0 Å². The Kier molecular flexibility index (Phi) is 4.27. The third-order valence-electron chi connectivity index (χ3n) is 2.97. The summed E-state index contributed by atoms with van der Waals surface area (Å²) in [6, 6.07) is 1.77. The van der Waals surface area contributed by atoms with Crippen LogP contribution in [0.25, 0.3) is 0 Å². The number of rotatable bonds is 3. The molecule has 0 bridgehead atoms. The molecule has 0 amide bonds. The summed E-state index contributed by atoms with van der Waals surface area (Å²) in [5, 5.41) is 2.69. The van der Waals surface area contributed by atoms with Gasteiger partial charge in [0.05, 0.1) is 10.7 Å². The van der Waals surface area contributed by atoms with Gasteiger partial charge in [0.25, 0.3) is 0 Å². The number of benzene rings is 1. The first-order valence-corrected chi connectivity index (χ1v) is 6.73. The molecule has 7 heteroatoms. The van der Waals surface area contributed by atoms with Crippen molar-refractivity contribution in [2.75, 3.05) is 11.1 Å². The molecule has 0 saturated heterocycles. The molecular formula is C14H15ClF2N4. The molecule has 112 valence electrons. The van der Waals surface area contributed by atoms with E-state index >= 15 is 0 Å².